The van der Waals surface area contributed by atoms with Crippen LogP contribution in [0.15, 0.2) is 47.3 Å². The van der Waals surface area contributed by atoms with Gasteiger partial charge in [-0.25, -0.2) is 4.98 Å². The summed E-state index contributed by atoms with van der Waals surface area (Å²) >= 11 is 0. The van der Waals surface area contributed by atoms with Crippen molar-refractivity contribution in [3.05, 3.63) is 54.2 Å². The Labute approximate surface area is 175 Å². The first-order chi connectivity index (χ1) is 14.5. The van der Waals surface area contributed by atoms with Crippen LogP contribution in [0.5, 0.6) is 0 Å². The molecule has 7 nitrogen and oxygen atoms in total. The summed E-state index contributed by atoms with van der Waals surface area (Å²) in [5.74, 6) is -0.131. The summed E-state index contributed by atoms with van der Waals surface area (Å²) in [6, 6.07) is 9.79. The average Bonchev–Trinajstić information content (AvgIpc) is 3.29. The molecule has 2 fully saturated rings. The van der Waals surface area contributed by atoms with Gasteiger partial charge < -0.3 is 19.4 Å². The Balaban J connectivity index is 1.31. The Morgan fingerprint density at radius 1 is 1.20 bits per heavy atom. The van der Waals surface area contributed by atoms with Crippen LogP contribution in [0.3, 0.4) is 0 Å². The molecule has 7 heteroatoms. The van der Waals surface area contributed by atoms with Crippen molar-refractivity contribution in [3.8, 4) is 0 Å². The number of hydrogen-bond acceptors (Lipinski definition) is 6. The molecule has 1 aromatic carbocycles. The number of amides is 1. The van der Waals surface area contributed by atoms with Crippen molar-refractivity contribution in [2.45, 2.75) is 50.9 Å². The van der Waals surface area contributed by atoms with Crippen LogP contribution >= 0.6 is 0 Å². The van der Waals surface area contributed by atoms with Gasteiger partial charge in [0.1, 0.15) is 11.2 Å². The van der Waals surface area contributed by atoms with Crippen molar-refractivity contribution in [2.75, 3.05) is 18.0 Å². The molecule has 0 spiro atoms. The first kappa shape index (κ1) is 19.1. The number of morpholine rings is 1. The minimum Gasteiger partial charge on any atom is -0.443 e. The molecular formula is C23H26N4O3. The number of rotatable bonds is 5. The Kier molecular flexibility index (Phi) is 4.70. The molecule has 1 aliphatic carbocycles. The van der Waals surface area contributed by atoms with Gasteiger partial charge in [0.25, 0.3) is 5.91 Å². The number of aromatic nitrogens is 2. The van der Waals surface area contributed by atoms with Gasteiger partial charge in [0.2, 0.25) is 0 Å². The quantitative estimate of drug-likeness (QED) is 0.700. The van der Waals surface area contributed by atoms with E-state index < -0.39 is 0 Å². The smallest absolute Gasteiger partial charge is 0.270 e. The zero-order valence-corrected chi connectivity index (χ0v) is 17.3. The highest BCUT2D eigenvalue weighted by molar-refractivity contribution is 5.94. The minimum absolute atomic E-state index is 0.131. The lowest BCUT2D eigenvalue weighted by molar-refractivity contribution is -0.00522. The van der Waals surface area contributed by atoms with Crippen LogP contribution in [0.2, 0.25) is 0 Å². The second-order valence-corrected chi connectivity index (χ2v) is 8.59. The summed E-state index contributed by atoms with van der Waals surface area (Å²) < 4.78 is 11.4. The molecule has 3 aromatic rings. The monoisotopic (exact) mass is 406 g/mol. The number of ether oxygens (including phenoxy) is 1. The van der Waals surface area contributed by atoms with E-state index in [0.717, 1.165) is 54.7 Å². The molecule has 0 radical (unpaired) electrons. The lowest BCUT2D eigenvalue weighted by atomic mass is 10.0. The standard InChI is InChI=1S/C23H26N4O3/c1-15-12-27(13-16(2)30-15)18-6-9-24-20(10-18)22(28)26-23(7-8-23)11-17-4-3-5-19-21(17)29-14-25-19/h3-6,9-10,14-16H,7-8,11-13H2,1-2H3,(H,26,28)/t15-,16+. The molecule has 1 saturated heterocycles. The number of carbonyl (C=O) groups is 1. The fourth-order valence-electron chi connectivity index (χ4n) is 4.38. The van der Waals surface area contributed by atoms with E-state index in [1.54, 1.807) is 6.20 Å². The van der Waals surface area contributed by atoms with Gasteiger partial charge in [0, 0.05) is 30.5 Å². The van der Waals surface area contributed by atoms with Crippen molar-refractivity contribution in [3.63, 3.8) is 0 Å². The van der Waals surface area contributed by atoms with Crippen LogP contribution < -0.4 is 10.2 Å². The lowest BCUT2D eigenvalue weighted by Crippen LogP contribution is -2.45. The highest BCUT2D eigenvalue weighted by atomic mass is 16.5. The summed E-state index contributed by atoms with van der Waals surface area (Å²) in [5, 5.41) is 3.23. The van der Waals surface area contributed by atoms with Crippen LogP contribution in [0, 0.1) is 0 Å². The molecule has 1 aliphatic heterocycles. The van der Waals surface area contributed by atoms with Crippen molar-refractivity contribution in [1.82, 2.24) is 15.3 Å². The van der Waals surface area contributed by atoms with Crippen molar-refractivity contribution < 1.29 is 13.9 Å². The van der Waals surface area contributed by atoms with Crippen LogP contribution in [-0.4, -0.2) is 46.7 Å². The predicted molar refractivity (Wildman–Crippen MR) is 114 cm³/mol. The van der Waals surface area contributed by atoms with Crippen LogP contribution in [0.1, 0.15) is 42.7 Å². The van der Waals surface area contributed by atoms with Crippen molar-refractivity contribution in [1.29, 1.82) is 0 Å². The van der Waals surface area contributed by atoms with E-state index in [1.807, 2.05) is 30.3 Å². The first-order valence-electron chi connectivity index (χ1n) is 10.5. The number of benzene rings is 1. The Morgan fingerprint density at radius 2 is 2.00 bits per heavy atom. The van der Waals surface area contributed by atoms with Gasteiger partial charge in [0.05, 0.1) is 12.2 Å². The lowest BCUT2D eigenvalue weighted by Gasteiger charge is -2.36. The van der Waals surface area contributed by atoms with Gasteiger partial charge in [-0.05, 0) is 56.9 Å². The van der Waals surface area contributed by atoms with Crippen LogP contribution in [0.4, 0.5) is 5.69 Å². The third-order valence-electron chi connectivity index (χ3n) is 5.96. The summed E-state index contributed by atoms with van der Waals surface area (Å²) in [4.78, 5) is 23.8. The molecule has 1 saturated carbocycles. The molecule has 2 aromatic heterocycles. The summed E-state index contributed by atoms with van der Waals surface area (Å²) in [5.41, 5.74) is 3.93. The van der Waals surface area contributed by atoms with E-state index in [2.05, 4.69) is 34.0 Å². The molecular weight excluding hydrogens is 380 g/mol. The highest BCUT2D eigenvalue weighted by Crippen LogP contribution is 2.40. The van der Waals surface area contributed by atoms with E-state index in [0.29, 0.717) is 5.69 Å². The molecule has 2 aliphatic rings. The first-order valence-corrected chi connectivity index (χ1v) is 10.5. The summed E-state index contributed by atoms with van der Waals surface area (Å²) in [6.07, 6.45) is 6.12. The molecule has 1 N–H and O–H groups in total. The molecule has 0 unspecified atom stereocenters. The number of carbonyl (C=O) groups excluding carboxylic acids is 1. The third kappa shape index (κ3) is 3.77. The van der Waals surface area contributed by atoms with Gasteiger partial charge in [-0.2, -0.15) is 0 Å². The van der Waals surface area contributed by atoms with E-state index in [-0.39, 0.29) is 23.7 Å². The normalized spacial score (nSPS) is 22.8. The van der Waals surface area contributed by atoms with Gasteiger partial charge in [0.15, 0.2) is 12.0 Å². The fraction of sp³-hybridized carbons (Fsp3) is 0.435. The Bertz CT molecular complexity index is 1070. The van der Waals surface area contributed by atoms with Gasteiger partial charge in [-0.1, -0.05) is 12.1 Å². The van der Waals surface area contributed by atoms with Crippen LogP contribution in [0.25, 0.3) is 11.1 Å². The number of nitrogens with one attached hydrogen (secondary N) is 1. The maximum atomic E-state index is 13.0. The number of anilines is 1. The molecule has 0 bridgehead atoms. The topological polar surface area (TPSA) is 80.5 Å². The molecule has 30 heavy (non-hydrogen) atoms. The van der Waals surface area contributed by atoms with E-state index >= 15 is 0 Å². The average molecular weight is 406 g/mol. The van der Waals surface area contributed by atoms with E-state index in [1.165, 1.54) is 6.39 Å². The summed E-state index contributed by atoms with van der Waals surface area (Å²) in [6.45, 7) is 5.76. The van der Waals surface area contributed by atoms with Gasteiger partial charge in [-0.15, -0.1) is 0 Å². The maximum Gasteiger partial charge on any atom is 0.270 e. The zero-order valence-electron chi connectivity index (χ0n) is 17.3. The largest absolute Gasteiger partial charge is 0.443 e. The van der Waals surface area contributed by atoms with E-state index in [4.69, 9.17) is 9.15 Å². The number of nitrogens with zero attached hydrogens (tertiary/aromatic N) is 3. The summed E-state index contributed by atoms with van der Waals surface area (Å²) in [7, 11) is 0. The predicted octanol–water partition coefficient (Wildman–Crippen LogP) is 3.34. The molecule has 2 atom stereocenters. The minimum atomic E-state index is -0.238. The van der Waals surface area contributed by atoms with Crippen LogP contribution in [-0.2, 0) is 11.2 Å². The number of fused-ring (bicyclic) bond motifs is 1. The number of oxazole rings is 1. The zero-order chi connectivity index (χ0) is 20.7. The Hall–Kier alpha value is -2.93. The molecule has 1 amide bonds. The molecule has 5 rings (SSSR count). The second-order valence-electron chi connectivity index (χ2n) is 8.59. The van der Waals surface area contributed by atoms with Crippen molar-refractivity contribution >= 4 is 22.7 Å². The number of pyridine rings is 1. The van der Waals surface area contributed by atoms with Gasteiger partial charge >= 0.3 is 0 Å². The van der Waals surface area contributed by atoms with Gasteiger partial charge in [-0.3, -0.25) is 9.78 Å². The van der Waals surface area contributed by atoms with E-state index in [9.17, 15) is 4.79 Å². The number of hydrogen-bond donors (Lipinski definition) is 1. The fourth-order valence-corrected chi connectivity index (χ4v) is 4.38. The highest BCUT2D eigenvalue weighted by Gasteiger charge is 2.44. The Morgan fingerprint density at radius 3 is 2.77 bits per heavy atom. The molecule has 3 heterocycles. The maximum absolute atomic E-state index is 13.0. The second kappa shape index (κ2) is 7.40. The SMILES string of the molecule is C[C@@H]1CN(c2ccnc(C(=O)NC3(Cc4cccc5ncoc45)CC3)c2)C[C@H](C)O1. The number of para-hydroxylation sites is 1. The third-order valence-corrected chi connectivity index (χ3v) is 5.96. The molecule has 156 valence electrons. The van der Waals surface area contributed by atoms with Crippen molar-refractivity contribution in [2.24, 2.45) is 0 Å².